The van der Waals surface area contributed by atoms with E-state index in [2.05, 4.69) is 15.6 Å². The Balaban J connectivity index is 1.86. The van der Waals surface area contributed by atoms with Crippen molar-refractivity contribution in [3.8, 4) is 5.75 Å². The van der Waals surface area contributed by atoms with Crippen LogP contribution in [0.4, 0.5) is 19.3 Å². The number of aliphatic hydroxyl groups excluding tert-OH is 1. The number of benzene rings is 1. The quantitative estimate of drug-likeness (QED) is 0.597. The largest absolute Gasteiger partial charge is 0.497 e. The topological polar surface area (TPSA) is 104 Å². The standard InChI is InChI=1S/C19H19ClF2N4O4/c1-30-11-6-13(21)16(14(22)7-11)12-9-26(4-5-27)18(28)17(12)25-19(29)24-10-2-3-15(20)23-8-10/h2-3,6-8,12,17,27H,4-5,9H2,1H3,(H2,24,25,29)/t12-,17-/m0/s1. The predicted molar refractivity (Wildman–Crippen MR) is 105 cm³/mol. The van der Waals surface area contributed by atoms with Gasteiger partial charge in [-0.25, -0.2) is 18.6 Å². The van der Waals surface area contributed by atoms with Crippen LogP contribution in [0.3, 0.4) is 0 Å². The lowest BCUT2D eigenvalue weighted by atomic mass is 9.93. The van der Waals surface area contributed by atoms with E-state index in [0.29, 0.717) is 5.69 Å². The van der Waals surface area contributed by atoms with E-state index in [4.69, 9.17) is 16.3 Å². The molecule has 1 aromatic carbocycles. The molecule has 160 valence electrons. The van der Waals surface area contributed by atoms with E-state index >= 15 is 0 Å². The van der Waals surface area contributed by atoms with Gasteiger partial charge in [-0.15, -0.1) is 0 Å². The predicted octanol–water partition coefficient (Wildman–Crippen LogP) is 2.13. The number of nitrogens with zero attached hydrogens (tertiary/aromatic N) is 2. The van der Waals surface area contributed by atoms with Crippen LogP contribution in [0, 0.1) is 11.6 Å². The lowest BCUT2D eigenvalue weighted by Gasteiger charge is -2.20. The van der Waals surface area contributed by atoms with Gasteiger partial charge in [0.15, 0.2) is 0 Å². The summed E-state index contributed by atoms with van der Waals surface area (Å²) in [6, 6.07) is 2.98. The van der Waals surface area contributed by atoms with Gasteiger partial charge in [0.2, 0.25) is 5.91 Å². The van der Waals surface area contributed by atoms with Gasteiger partial charge in [-0.1, -0.05) is 11.6 Å². The summed E-state index contributed by atoms with van der Waals surface area (Å²) in [5.41, 5.74) is -0.0315. The number of carbonyl (C=O) groups is 2. The van der Waals surface area contributed by atoms with Crippen LogP contribution in [0.15, 0.2) is 30.5 Å². The molecule has 1 aliphatic heterocycles. The molecule has 1 aliphatic rings. The molecule has 2 atom stereocenters. The van der Waals surface area contributed by atoms with E-state index in [9.17, 15) is 23.5 Å². The Morgan fingerprint density at radius 2 is 2.07 bits per heavy atom. The van der Waals surface area contributed by atoms with Gasteiger partial charge in [-0.05, 0) is 12.1 Å². The van der Waals surface area contributed by atoms with Gasteiger partial charge in [0.1, 0.15) is 28.6 Å². The summed E-state index contributed by atoms with van der Waals surface area (Å²) in [6.45, 7) is -0.440. The molecule has 0 bridgehead atoms. The van der Waals surface area contributed by atoms with Crippen LogP contribution in [-0.2, 0) is 4.79 Å². The van der Waals surface area contributed by atoms with Gasteiger partial charge in [-0.2, -0.15) is 0 Å². The molecule has 0 saturated carbocycles. The molecular formula is C19H19ClF2N4O4. The minimum absolute atomic E-state index is 0.0113. The zero-order chi connectivity index (χ0) is 21.8. The number of hydrogen-bond donors (Lipinski definition) is 3. The maximum absolute atomic E-state index is 14.6. The van der Waals surface area contributed by atoms with Crippen molar-refractivity contribution in [2.75, 3.05) is 32.1 Å². The van der Waals surface area contributed by atoms with Crippen molar-refractivity contribution in [2.24, 2.45) is 0 Å². The van der Waals surface area contributed by atoms with Crippen LogP contribution in [0.25, 0.3) is 0 Å². The van der Waals surface area contributed by atoms with Crippen molar-refractivity contribution in [3.05, 3.63) is 52.8 Å². The SMILES string of the molecule is COc1cc(F)c([C@@H]2CN(CCO)C(=O)[C@H]2NC(=O)Nc2ccc(Cl)nc2)c(F)c1. The van der Waals surface area contributed by atoms with Crippen molar-refractivity contribution in [3.63, 3.8) is 0 Å². The number of aromatic nitrogens is 1. The minimum Gasteiger partial charge on any atom is -0.497 e. The zero-order valence-corrected chi connectivity index (χ0v) is 16.6. The van der Waals surface area contributed by atoms with E-state index in [0.717, 1.165) is 12.1 Å². The molecule has 3 rings (SSSR count). The molecule has 0 unspecified atom stereocenters. The molecule has 0 radical (unpaired) electrons. The molecule has 2 heterocycles. The normalized spacial score (nSPS) is 18.4. The Hall–Kier alpha value is -2.98. The van der Waals surface area contributed by atoms with E-state index in [-0.39, 0.29) is 36.2 Å². The Morgan fingerprint density at radius 1 is 1.37 bits per heavy atom. The van der Waals surface area contributed by atoms with E-state index in [1.54, 1.807) is 0 Å². The first-order valence-electron chi connectivity index (χ1n) is 8.95. The van der Waals surface area contributed by atoms with E-state index in [1.165, 1.54) is 30.3 Å². The third kappa shape index (κ3) is 4.60. The fourth-order valence-corrected chi connectivity index (χ4v) is 3.45. The van der Waals surface area contributed by atoms with Gasteiger partial charge in [0.25, 0.3) is 0 Å². The summed E-state index contributed by atoms with van der Waals surface area (Å²) in [5, 5.41) is 14.4. The highest BCUT2D eigenvalue weighted by Gasteiger charge is 2.44. The highest BCUT2D eigenvalue weighted by atomic mass is 35.5. The number of nitrogens with one attached hydrogen (secondary N) is 2. The van der Waals surface area contributed by atoms with Gasteiger partial charge in [-0.3, -0.25) is 4.79 Å². The average molecular weight is 441 g/mol. The second-order valence-electron chi connectivity index (χ2n) is 6.56. The monoisotopic (exact) mass is 440 g/mol. The molecule has 30 heavy (non-hydrogen) atoms. The number of amides is 3. The molecular weight excluding hydrogens is 422 g/mol. The molecule has 1 aromatic heterocycles. The van der Waals surface area contributed by atoms with Crippen LogP contribution in [0.2, 0.25) is 5.15 Å². The maximum Gasteiger partial charge on any atom is 0.319 e. The van der Waals surface area contributed by atoms with Gasteiger partial charge >= 0.3 is 6.03 Å². The number of ether oxygens (including phenoxy) is 1. The summed E-state index contributed by atoms with van der Waals surface area (Å²) in [4.78, 5) is 30.2. The lowest BCUT2D eigenvalue weighted by Crippen LogP contribution is -2.45. The van der Waals surface area contributed by atoms with Crippen molar-refractivity contribution in [2.45, 2.75) is 12.0 Å². The molecule has 3 amide bonds. The number of likely N-dealkylation sites (tertiary alicyclic amines) is 1. The summed E-state index contributed by atoms with van der Waals surface area (Å²) >= 11 is 5.70. The molecule has 2 aromatic rings. The van der Waals surface area contributed by atoms with Crippen molar-refractivity contribution in [1.82, 2.24) is 15.2 Å². The molecule has 3 N–H and O–H groups in total. The van der Waals surface area contributed by atoms with Crippen molar-refractivity contribution < 1.29 is 28.2 Å². The smallest absolute Gasteiger partial charge is 0.319 e. The number of rotatable bonds is 6. The molecule has 11 heteroatoms. The summed E-state index contributed by atoms with van der Waals surface area (Å²) < 4.78 is 34.1. The third-order valence-electron chi connectivity index (χ3n) is 4.70. The second-order valence-corrected chi connectivity index (χ2v) is 6.95. The average Bonchev–Trinajstić information content (AvgIpc) is 2.99. The minimum atomic E-state index is -1.24. The number of hydrogen-bond acceptors (Lipinski definition) is 5. The molecule has 1 saturated heterocycles. The van der Waals surface area contributed by atoms with Crippen LogP contribution in [-0.4, -0.2) is 59.8 Å². The van der Waals surface area contributed by atoms with Crippen LogP contribution < -0.4 is 15.4 Å². The molecule has 0 spiro atoms. The second kappa shape index (κ2) is 9.23. The first-order chi connectivity index (χ1) is 14.3. The highest BCUT2D eigenvalue weighted by molar-refractivity contribution is 6.29. The summed E-state index contributed by atoms with van der Waals surface area (Å²) in [5.74, 6) is -3.38. The van der Waals surface area contributed by atoms with Gasteiger partial charge < -0.3 is 25.4 Å². The zero-order valence-electron chi connectivity index (χ0n) is 15.9. The number of urea groups is 1. The van der Waals surface area contributed by atoms with Crippen LogP contribution in [0.1, 0.15) is 11.5 Å². The number of methoxy groups -OCH3 is 1. The fraction of sp³-hybridized carbons (Fsp3) is 0.316. The Kier molecular flexibility index (Phi) is 6.68. The van der Waals surface area contributed by atoms with E-state index in [1.807, 2.05) is 0 Å². The highest BCUT2D eigenvalue weighted by Crippen LogP contribution is 2.34. The van der Waals surface area contributed by atoms with E-state index < -0.39 is 35.5 Å². The lowest BCUT2D eigenvalue weighted by molar-refractivity contribution is -0.129. The third-order valence-corrected chi connectivity index (χ3v) is 4.92. The first kappa shape index (κ1) is 21.7. The number of aliphatic hydroxyl groups is 1. The van der Waals surface area contributed by atoms with Crippen LogP contribution in [0.5, 0.6) is 5.75 Å². The summed E-state index contributed by atoms with van der Waals surface area (Å²) in [7, 11) is 1.27. The number of anilines is 1. The maximum atomic E-state index is 14.6. The van der Waals surface area contributed by atoms with Gasteiger partial charge in [0, 0.05) is 36.7 Å². The van der Waals surface area contributed by atoms with Crippen molar-refractivity contribution in [1.29, 1.82) is 0 Å². The Morgan fingerprint density at radius 3 is 2.63 bits per heavy atom. The molecule has 0 aliphatic carbocycles. The number of pyridine rings is 1. The van der Waals surface area contributed by atoms with Gasteiger partial charge in [0.05, 0.1) is 25.6 Å². The Labute approximate surface area is 175 Å². The molecule has 8 nitrogen and oxygen atoms in total. The van der Waals surface area contributed by atoms with Crippen LogP contribution >= 0.6 is 11.6 Å². The number of carbonyl (C=O) groups excluding carboxylic acids is 2. The number of halogens is 3. The fourth-order valence-electron chi connectivity index (χ4n) is 3.34. The number of β-amino-alcohol motifs (C(OH)–C–C–N with tert-alkyl or cyclic N) is 1. The Bertz CT molecular complexity index is 922. The first-order valence-corrected chi connectivity index (χ1v) is 9.33. The van der Waals surface area contributed by atoms with Crippen molar-refractivity contribution >= 4 is 29.2 Å². The molecule has 1 fully saturated rings. The summed E-state index contributed by atoms with van der Waals surface area (Å²) in [6.07, 6.45) is 1.32.